The molecular formula is C10H15N3O2. The summed E-state index contributed by atoms with van der Waals surface area (Å²) in [6.45, 7) is 5.02. The summed E-state index contributed by atoms with van der Waals surface area (Å²) in [4.78, 5) is 13.6. The number of nitrogens with two attached hydrogens (primary N) is 1. The van der Waals surface area contributed by atoms with Crippen LogP contribution in [0.25, 0.3) is 0 Å². The van der Waals surface area contributed by atoms with E-state index in [2.05, 4.69) is 5.16 Å². The minimum atomic E-state index is 0.0239. The van der Waals surface area contributed by atoms with Gasteiger partial charge in [0.05, 0.1) is 6.54 Å². The quantitative estimate of drug-likeness (QED) is 0.742. The van der Waals surface area contributed by atoms with E-state index in [1.165, 1.54) is 0 Å². The SMILES string of the molecule is CC(C)C(=O)N1CCc2c(noc2N)C1. The van der Waals surface area contributed by atoms with Crippen LogP contribution in [0.3, 0.4) is 0 Å². The largest absolute Gasteiger partial charge is 0.367 e. The molecule has 1 amide bonds. The van der Waals surface area contributed by atoms with Gasteiger partial charge >= 0.3 is 0 Å². The fourth-order valence-electron chi connectivity index (χ4n) is 1.81. The lowest BCUT2D eigenvalue weighted by atomic mass is 10.1. The van der Waals surface area contributed by atoms with Crippen LogP contribution in [-0.4, -0.2) is 22.5 Å². The lowest BCUT2D eigenvalue weighted by Crippen LogP contribution is -2.38. The first-order chi connectivity index (χ1) is 7.09. The summed E-state index contributed by atoms with van der Waals surface area (Å²) in [5.74, 6) is 0.569. The van der Waals surface area contributed by atoms with Crippen LogP contribution in [0.5, 0.6) is 0 Å². The third kappa shape index (κ3) is 1.69. The first-order valence-corrected chi connectivity index (χ1v) is 5.11. The number of nitrogen functional groups attached to an aromatic ring is 1. The summed E-state index contributed by atoms with van der Waals surface area (Å²) in [7, 11) is 0. The zero-order valence-corrected chi connectivity index (χ0v) is 8.99. The minimum Gasteiger partial charge on any atom is -0.367 e. The molecule has 5 heteroatoms. The topological polar surface area (TPSA) is 72.4 Å². The predicted octanol–water partition coefficient (Wildman–Crippen LogP) is 0.797. The molecule has 1 aromatic heterocycles. The fourth-order valence-corrected chi connectivity index (χ4v) is 1.81. The van der Waals surface area contributed by atoms with Crippen molar-refractivity contribution in [2.24, 2.45) is 5.92 Å². The molecule has 1 aliphatic heterocycles. The Morgan fingerprint density at radius 1 is 1.60 bits per heavy atom. The highest BCUT2D eigenvalue weighted by molar-refractivity contribution is 5.78. The first-order valence-electron chi connectivity index (χ1n) is 5.11. The van der Waals surface area contributed by atoms with Gasteiger partial charge in [0, 0.05) is 18.0 Å². The number of hydrogen-bond donors (Lipinski definition) is 1. The van der Waals surface area contributed by atoms with Gasteiger partial charge in [-0.05, 0) is 6.42 Å². The van der Waals surface area contributed by atoms with E-state index < -0.39 is 0 Å². The molecule has 2 N–H and O–H groups in total. The third-order valence-corrected chi connectivity index (χ3v) is 2.68. The van der Waals surface area contributed by atoms with Gasteiger partial charge in [-0.25, -0.2) is 0 Å². The Morgan fingerprint density at radius 2 is 2.33 bits per heavy atom. The van der Waals surface area contributed by atoms with Gasteiger partial charge in [0.2, 0.25) is 11.8 Å². The predicted molar refractivity (Wildman–Crippen MR) is 54.9 cm³/mol. The number of rotatable bonds is 1. The van der Waals surface area contributed by atoms with Gasteiger partial charge in [0.25, 0.3) is 0 Å². The Bertz CT molecular complexity index is 384. The summed E-state index contributed by atoms with van der Waals surface area (Å²) in [6.07, 6.45) is 0.739. The van der Waals surface area contributed by atoms with Crippen molar-refractivity contribution in [1.82, 2.24) is 10.1 Å². The van der Waals surface area contributed by atoms with Crippen LogP contribution in [0.15, 0.2) is 4.52 Å². The first kappa shape index (κ1) is 10.0. The second kappa shape index (κ2) is 3.56. The van der Waals surface area contributed by atoms with Gasteiger partial charge in [-0.3, -0.25) is 4.79 Å². The molecule has 0 aromatic carbocycles. The highest BCUT2D eigenvalue weighted by Crippen LogP contribution is 2.24. The highest BCUT2D eigenvalue weighted by atomic mass is 16.5. The van der Waals surface area contributed by atoms with Gasteiger partial charge < -0.3 is 15.2 Å². The van der Waals surface area contributed by atoms with Crippen LogP contribution in [0.1, 0.15) is 25.1 Å². The summed E-state index contributed by atoms with van der Waals surface area (Å²) in [5.41, 5.74) is 7.37. The number of hydrogen-bond acceptors (Lipinski definition) is 4. The number of nitrogens with zero attached hydrogens (tertiary/aromatic N) is 2. The molecule has 0 bridgehead atoms. The van der Waals surface area contributed by atoms with Crippen LogP contribution in [0, 0.1) is 5.92 Å². The van der Waals surface area contributed by atoms with E-state index in [-0.39, 0.29) is 11.8 Å². The molecule has 2 rings (SSSR count). The molecule has 15 heavy (non-hydrogen) atoms. The summed E-state index contributed by atoms with van der Waals surface area (Å²) < 4.78 is 4.90. The van der Waals surface area contributed by atoms with Crippen molar-refractivity contribution in [3.8, 4) is 0 Å². The normalized spacial score (nSPS) is 15.5. The third-order valence-electron chi connectivity index (χ3n) is 2.68. The average Bonchev–Trinajstić information content (AvgIpc) is 2.59. The molecule has 1 aromatic rings. The van der Waals surface area contributed by atoms with E-state index in [9.17, 15) is 4.79 Å². The van der Waals surface area contributed by atoms with Crippen LogP contribution in [-0.2, 0) is 17.8 Å². The Morgan fingerprint density at radius 3 is 3.00 bits per heavy atom. The molecular weight excluding hydrogens is 194 g/mol. The number of aromatic nitrogens is 1. The molecule has 0 aliphatic carbocycles. The maximum absolute atomic E-state index is 11.8. The van der Waals surface area contributed by atoms with Crippen molar-refractivity contribution in [3.63, 3.8) is 0 Å². The van der Waals surface area contributed by atoms with Gasteiger partial charge in [0.15, 0.2) is 0 Å². The van der Waals surface area contributed by atoms with E-state index in [0.29, 0.717) is 19.0 Å². The van der Waals surface area contributed by atoms with Gasteiger partial charge in [0.1, 0.15) is 5.69 Å². The lowest BCUT2D eigenvalue weighted by Gasteiger charge is -2.27. The molecule has 0 spiro atoms. The Balaban J connectivity index is 2.16. The molecule has 0 saturated carbocycles. The van der Waals surface area contributed by atoms with Crippen molar-refractivity contribution in [2.45, 2.75) is 26.8 Å². The molecule has 2 heterocycles. The zero-order chi connectivity index (χ0) is 11.0. The second-order valence-corrected chi connectivity index (χ2v) is 4.14. The Kier molecular flexibility index (Phi) is 2.38. The van der Waals surface area contributed by atoms with Gasteiger partial charge in [-0.2, -0.15) is 0 Å². The lowest BCUT2D eigenvalue weighted by molar-refractivity contribution is -0.135. The molecule has 0 fully saturated rings. The molecule has 0 saturated heterocycles. The molecule has 0 atom stereocenters. The van der Waals surface area contributed by atoms with Crippen molar-refractivity contribution < 1.29 is 9.32 Å². The number of fused-ring (bicyclic) bond motifs is 1. The number of carbonyl (C=O) groups excluding carboxylic acids is 1. The number of anilines is 1. The smallest absolute Gasteiger partial charge is 0.225 e. The molecule has 5 nitrogen and oxygen atoms in total. The van der Waals surface area contributed by atoms with E-state index in [0.717, 1.165) is 17.7 Å². The highest BCUT2D eigenvalue weighted by Gasteiger charge is 2.26. The summed E-state index contributed by atoms with van der Waals surface area (Å²) in [6, 6.07) is 0. The van der Waals surface area contributed by atoms with Crippen LogP contribution < -0.4 is 5.73 Å². The van der Waals surface area contributed by atoms with Crippen LogP contribution >= 0.6 is 0 Å². The van der Waals surface area contributed by atoms with E-state index in [1.807, 2.05) is 13.8 Å². The molecule has 0 unspecified atom stereocenters. The van der Waals surface area contributed by atoms with Gasteiger partial charge in [-0.1, -0.05) is 19.0 Å². The second-order valence-electron chi connectivity index (χ2n) is 4.14. The Hall–Kier alpha value is -1.52. The van der Waals surface area contributed by atoms with Gasteiger partial charge in [-0.15, -0.1) is 0 Å². The number of amides is 1. The van der Waals surface area contributed by atoms with E-state index >= 15 is 0 Å². The molecule has 0 radical (unpaired) electrons. The average molecular weight is 209 g/mol. The molecule has 1 aliphatic rings. The van der Waals surface area contributed by atoms with Crippen LogP contribution in [0.4, 0.5) is 5.88 Å². The van der Waals surface area contributed by atoms with Crippen molar-refractivity contribution in [2.75, 3.05) is 12.3 Å². The summed E-state index contributed by atoms with van der Waals surface area (Å²) >= 11 is 0. The summed E-state index contributed by atoms with van der Waals surface area (Å²) in [5, 5.41) is 3.85. The number of carbonyl (C=O) groups is 1. The van der Waals surface area contributed by atoms with Crippen LogP contribution in [0.2, 0.25) is 0 Å². The van der Waals surface area contributed by atoms with E-state index in [4.69, 9.17) is 10.3 Å². The van der Waals surface area contributed by atoms with E-state index in [1.54, 1.807) is 4.90 Å². The monoisotopic (exact) mass is 209 g/mol. The standard InChI is InChI=1S/C10H15N3O2/c1-6(2)10(14)13-4-3-7-8(5-13)12-15-9(7)11/h6H,3-5,11H2,1-2H3. The fraction of sp³-hybridized carbons (Fsp3) is 0.600. The molecule has 82 valence electrons. The van der Waals surface area contributed by atoms with Crippen molar-refractivity contribution >= 4 is 11.8 Å². The maximum Gasteiger partial charge on any atom is 0.225 e. The minimum absolute atomic E-state index is 0.0239. The maximum atomic E-state index is 11.8. The van der Waals surface area contributed by atoms with Crippen molar-refractivity contribution in [1.29, 1.82) is 0 Å². The van der Waals surface area contributed by atoms with Crippen molar-refractivity contribution in [3.05, 3.63) is 11.3 Å². The Labute approximate surface area is 88.2 Å². The zero-order valence-electron chi connectivity index (χ0n) is 8.99.